The van der Waals surface area contributed by atoms with Gasteiger partial charge in [0.15, 0.2) is 0 Å². The average molecular weight is 189 g/mol. The molecule has 0 aromatic rings. The zero-order valence-electron chi connectivity index (χ0n) is 6.99. The first-order valence-electron chi connectivity index (χ1n) is 3.82. The molecule has 0 aliphatic rings. The standard InChI is InChI=1S/C8H11FO4/c9-5-3-1-2-4-6(7(10)11)8(12)13/h4H,1-3,5H2,(H,10,11)(H,12,13)/i9-1. The van der Waals surface area contributed by atoms with Crippen LogP contribution in [0.3, 0.4) is 0 Å². The summed E-state index contributed by atoms with van der Waals surface area (Å²) in [5.74, 6) is -2.93. The number of halogens is 1. The maximum absolute atomic E-state index is 11.6. The van der Waals surface area contributed by atoms with Crippen molar-refractivity contribution in [3.63, 3.8) is 0 Å². The van der Waals surface area contributed by atoms with Gasteiger partial charge in [-0.1, -0.05) is 6.08 Å². The molecule has 0 unspecified atom stereocenters. The van der Waals surface area contributed by atoms with Crippen LogP contribution in [0, 0.1) is 0 Å². The van der Waals surface area contributed by atoms with E-state index in [2.05, 4.69) is 0 Å². The highest BCUT2D eigenvalue weighted by molar-refractivity contribution is 6.12. The zero-order valence-corrected chi connectivity index (χ0v) is 6.99. The molecule has 4 nitrogen and oxygen atoms in total. The van der Waals surface area contributed by atoms with E-state index in [1.807, 2.05) is 0 Å². The number of aliphatic carboxylic acids is 2. The van der Waals surface area contributed by atoms with E-state index in [4.69, 9.17) is 10.2 Å². The number of carboxylic acid groups (broad SMARTS) is 2. The van der Waals surface area contributed by atoms with E-state index in [9.17, 15) is 14.0 Å². The molecule has 0 amide bonds. The molecule has 0 aromatic heterocycles. The maximum atomic E-state index is 11.6. The molecule has 0 saturated heterocycles. The molecule has 0 aromatic carbocycles. The summed E-state index contributed by atoms with van der Waals surface area (Å²) in [5, 5.41) is 16.8. The number of unbranched alkanes of at least 4 members (excludes halogenated alkanes) is 2. The molecule has 0 atom stereocenters. The second-order valence-corrected chi connectivity index (χ2v) is 2.41. The van der Waals surface area contributed by atoms with Gasteiger partial charge >= 0.3 is 11.9 Å². The topological polar surface area (TPSA) is 74.6 Å². The van der Waals surface area contributed by atoms with Gasteiger partial charge in [-0.05, 0) is 19.3 Å². The predicted molar refractivity (Wildman–Crippen MR) is 43.2 cm³/mol. The lowest BCUT2D eigenvalue weighted by atomic mass is 10.1. The third-order valence-electron chi connectivity index (χ3n) is 1.40. The van der Waals surface area contributed by atoms with Crippen LogP contribution >= 0.6 is 0 Å². The van der Waals surface area contributed by atoms with E-state index in [0.717, 1.165) is 6.08 Å². The molecule has 0 bridgehead atoms. The Morgan fingerprint density at radius 2 is 1.69 bits per heavy atom. The van der Waals surface area contributed by atoms with Gasteiger partial charge in [-0.15, -0.1) is 0 Å². The summed E-state index contributed by atoms with van der Waals surface area (Å²) in [5.41, 5.74) is -0.654. The Hall–Kier alpha value is -1.39. The van der Waals surface area contributed by atoms with Crippen molar-refractivity contribution in [2.45, 2.75) is 19.3 Å². The van der Waals surface area contributed by atoms with E-state index in [1.54, 1.807) is 0 Å². The fourth-order valence-corrected chi connectivity index (χ4v) is 0.751. The quantitative estimate of drug-likeness (QED) is 0.285. The van der Waals surface area contributed by atoms with Crippen LogP contribution in [-0.4, -0.2) is 28.8 Å². The largest absolute Gasteiger partial charge is 0.477 e. The van der Waals surface area contributed by atoms with Crippen molar-refractivity contribution in [1.29, 1.82) is 0 Å². The third kappa shape index (κ3) is 4.95. The van der Waals surface area contributed by atoms with Gasteiger partial charge in [-0.2, -0.15) is 0 Å². The Balaban J connectivity index is 4.06. The highest BCUT2D eigenvalue weighted by Crippen LogP contribution is 2.02. The molecule has 0 aliphatic heterocycles. The summed E-state index contributed by atoms with van der Waals surface area (Å²) in [6.07, 6.45) is 2.15. The summed E-state index contributed by atoms with van der Waals surface area (Å²) in [7, 11) is 0. The molecule has 2 N–H and O–H groups in total. The molecule has 0 spiro atoms. The summed E-state index contributed by atoms with van der Waals surface area (Å²) in [6.45, 7) is -0.469. The lowest BCUT2D eigenvalue weighted by molar-refractivity contribution is -0.140. The average Bonchev–Trinajstić information content (AvgIpc) is 2.02. The summed E-state index contributed by atoms with van der Waals surface area (Å²) in [6, 6.07) is 0. The number of carbonyl (C=O) groups is 2. The van der Waals surface area contributed by atoms with Gasteiger partial charge in [-0.25, -0.2) is 9.59 Å². The van der Waals surface area contributed by atoms with Gasteiger partial charge in [0.25, 0.3) is 0 Å². The minimum Gasteiger partial charge on any atom is -0.477 e. The molecule has 0 rings (SSSR count). The van der Waals surface area contributed by atoms with E-state index < -0.39 is 24.2 Å². The van der Waals surface area contributed by atoms with Crippen LogP contribution in [0.15, 0.2) is 11.6 Å². The van der Waals surface area contributed by atoms with Crippen LogP contribution in [0.4, 0.5) is 4.39 Å². The zero-order chi connectivity index (χ0) is 10.3. The Morgan fingerprint density at radius 3 is 2.08 bits per heavy atom. The fraction of sp³-hybridized carbons (Fsp3) is 0.500. The van der Waals surface area contributed by atoms with E-state index in [0.29, 0.717) is 12.8 Å². The first kappa shape index (κ1) is 11.6. The number of alkyl halides is 1. The van der Waals surface area contributed by atoms with Gasteiger partial charge < -0.3 is 10.2 Å². The summed E-state index contributed by atoms with van der Waals surface area (Å²) in [4.78, 5) is 20.6. The second-order valence-electron chi connectivity index (χ2n) is 2.41. The molecular formula is C8H11FO4. The number of carboxylic acids is 2. The van der Waals surface area contributed by atoms with Crippen molar-refractivity contribution in [2.75, 3.05) is 6.67 Å². The Bertz CT molecular complexity index is 206. The number of rotatable bonds is 6. The van der Waals surface area contributed by atoms with Crippen molar-refractivity contribution in [3.05, 3.63) is 11.6 Å². The van der Waals surface area contributed by atoms with Crippen molar-refractivity contribution < 1.29 is 24.2 Å². The summed E-state index contributed by atoms with van der Waals surface area (Å²) >= 11 is 0. The molecule has 5 heteroatoms. The van der Waals surface area contributed by atoms with Crippen molar-refractivity contribution >= 4 is 11.9 Å². The first-order valence-corrected chi connectivity index (χ1v) is 3.82. The van der Waals surface area contributed by atoms with Gasteiger partial charge in [-0.3, -0.25) is 4.39 Å². The van der Waals surface area contributed by atoms with Crippen LogP contribution in [0.5, 0.6) is 0 Å². The Kier molecular flexibility index (Phi) is 5.50. The van der Waals surface area contributed by atoms with Crippen LogP contribution < -0.4 is 0 Å². The molecule has 13 heavy (non-hydrogen) atoms. The van der Waals surface area contributed by atoms with Crippen molar-refractivity contribution in [3.8, 4) is 0 Å². The maximum Gasteiger partial charge on any atom is 0.342 e. The van der Waals surface area contributed by atoms with Crippen LogP contribution in [-0.2, 0) is 9.59 Å². The smallest absolute Gasteiger partial charge is 0.342 e. The monoisotopic (exact) mass is 189 g/mol. The highest BCUT2D eigenvalue weighted by Gasteiger charge is 2.14. The molecule has 0 saturated carbocycles. The van der Waals surface area contributed by atoms with Crippen LogP contribution in [0.2, 0.25) is 0 Å². The predicted octanol–water partition coefficient (Wildman–Crippen LogP) is 1.22. The van der Waals surface area contributed by atoms with Crippen molar-refractivity contribution in [1.82, 2.24) is 0 Å². The molecule has 0 fully saturated rings. The van der Waals surface area contributed by atoms with Crippen molar-refractivity contribution in [2.24, 2.45) is 0 Å². The van der Waals surface area contributed by atoms with E-state index in [-0.39, 0.29) is 6.42 Å². The van der Waals surface area contributed by atoms with Gasteiger partial charge in [0.2, 0.25) is 0 Å². The molecule has 0 radical (unpaired) electrons. The van der Waals surface area contributed by atoms with Gasteiger partial charge in [0.05, 0.1) is 6.67 Å². The van der Waals surface area contributed by atoms with Gasteiger partial charge in [0, 0.05) is 0 Å². The van der Waals surface area contributed by atoms with E-state index >= 15 is 0 Å². The molecule has 0 aliphatic carbocycles. The fourth-order valence-electron chi connectivity index (χ4n) is 0.751. The number of hydrogen-bond donors (Lipinski definition) is 2. The molecule has 74 valence electrons. The SMILES string of the molecule is O=C(O)C(=CCCCC[18F])C(=O)O. The normalized spacial score (nSPS) is 9.31. The lowest BCUT2D eigenvalue weighted by Crippen LogP contribution is -2.10. The minimum atomic E-state index is -1.47. The van der Waals surface area contributed by atoms with Crippen LogP contribution in [0.25, 0.3) is 0 Å². The number of allylic oxidation sites excluding steroid dienone is 1. The Labute approximate surface area is 74.7 Å². The highest BCUT2D eigenvalue weighted by atomic mass is 18.2. The third-order valence-corrected chi connectivity index (χ3v) is 1.40. The van der Waals surface area contributed by atoms with Crippen LogP contribution in [0.1, 0.15) is 19.3 Å². The van der Waals surface area contributed by atoms with Gasteiger partial charge in [0.1, 0.15) is 5.57 Å². The van der Waals surface area contributed by atoms with E-state index in [1.165, 1.54) is 0 Å². The lowest BCUT2D eigenvalue weighted by Gasteiger charge is -1.95. The summed E-state index contributed by atoms with van der Waals surface area (Å²) < 4.78 is 11.6. The number of hydrogen-bond acceptors (Lipinski definition) is 2. The minimum absolute atomic E-state index is 0.276. The second kappa shape index (κ2) is 6.16. The Morgan fingerprint density at radius 1 is 1.15 bits per heavy atom. The first-order chi connectivity index (χ1) is 6.09. The molecular weight excluding hydrogens is 178 g/mol. The molecule has 0 heterocycles.